The number of carbonyl (C=O) groups is 2. The fourth-order valence-electron chi connectivity index (χ4n) is 3.64. The summed E-state index contributed by atoms with van der Waals surface area (Å²) < 4.78 is 5.07. The minimum absolute atomic E-state index is 0.0424. The summed E-state index contributed by atoms with van der Waals surface area (Å²) in [6.07, 6.45) is 0.134. The van der Waals surface area contributed by atoms with Crippen LogP contribution in [0, 0.1) is 5.92 Å². The summed E-state index contributed by atoms with van der Waals surface area (Å²) in [7, 11) is -0.624. The van der Waals surface area contributed by atoms with Crippen molar-refractivity contribution >= 4 is 19.1 Å². The van der Waals surface area contributed by atoms with Crippen LogP contribution >= 0.6 is 0 Å². The van der Waals surface area contributed by atoms with Gasteiger partial charge in [-0.1, -0.05) is 37.3 Å². The molecule has 7 heteroatoms. The second-order valence-electron chi connectivity index (χ2n) is 6.56. The van der Waals surface area contributed by atoms with Crippen molar-refractivity contribution in [1.82, 2.24) is 9.71 Å². The van der Waals surface area contributed by atoms with Gasteiger partial charge in [0.05, 0.1) is 12.0 Å². The topological polar surface area (TPSA) is 70.1 Å². The van der Waals surface area contributed by atoms with Crippen molar-refractivity contribution in [3.8, 4) is 0 Å². The predicted octanol–water partition coefficient (Wildman–Crippen LogP) is 1.57. The number of hydrogen-bond donors (Lipinski definition) is 1. The van der Waals surface area contributed by atoms with Crippen LogP contribution in [0.5, 0.6) is 0 Å². The van der Waals surface area contributed by atoms with Crippen LogP contribution in [-0.4, -0.2) is 59.5 Å². The molecule has 2 saturated heterocycles. The van der Waals surface area contributed by atoms with Crippen LogP contribution in [0.4, 0.5) is 4.79 Å². The third-order valence-corrected chi connectivity index (χ3v) is 5.09. The first-order valence-electron chi connectivity index (χ1n) is 8.49. The first-order valence-corrected chi connectivity index (χ1v) is 8.49. The molecule has 6 nitrogen and oxygen atoms in total. The number of benzene rings is 1. The normalized spacial score (nSPS) is 27.4. The molecule has 2 fully saturated rings. The number of cyclic esters (lactones) is 1. The Balaban J connectivity index is 1.88. The van der Waals surface area contributed by atoms with E-state index in [2.05, 4.69) is 0 Å². The molecule has 3 atom stereocenters. The van der Waals surface area contributed by atoms with Crippen molar-refractivity contribution < 1.29 is 19.3 Å². The Morgan fingerprint density at radius 3 is 2.67 bits per heavy atom. The van der Waals surface area contributed by atoms with Crippen molar-refractivity contribution in [1.29, 1.82) is 0 Å². The van der Waals surface area contributed by atoms with E-state index in [0.29, 0.717) is 19.5 Å². The lowest BCUT2D eigenvalue weighted by Crippen LogP contribution is -2.44. The molecule has 2 aliphatic rings. The van der Waals surface area contributed by atoms with Gasteiger partial charge in [-0.05, 0) is 25.4 Å². The Bertz CT molecular complexity index is 610. The Hall–Kier alpha value is -1.86. The summed E-state index contributed by atoms with van der Waals surface area (Å²) in [5.74, 6) is -0.595. The van der Waals surface area contributed by atoms with Crippen LogP contribution in [0.2, 0.25) is 6.82 Å². The third kappa shape index (κ3) is 3.06. The second-order valence-corrected chi connectivity index (χ2v) is 6.56. The van der Waals surface area contributed by atoms with Crippen molar-refractivity contribution in [2.24, 2.45) is 5.92 Å². The zero-order chi connectivity index (χ0) is 17.3. The molecular formula is C17H23BN2O4. The Labute approximate surface area is 142 Å². The van der Waals surface area contributed by atoms with Crippen molar-refractivity contribution in [3.05, 3.63) is 35.9 Å². The van der Waals surface area contributed by atoms with Crippen molar-refractivity contribution in [2.75, 3.05) is 19.7 Å². The van der Waals surface area contributed by atoms with Gasteiger partial charge in [0.15, 0.2) is 0 Å². The highest BCUT2D eigenvalue weighted by atomic mass is 16.6. The van der Waals surface area contributed by atoms with E-state index >= 15 is 0 Å². The van der Waals surface area contributed by atoms with Gasteiger partial charge in [0.25, 0.3) is 0 Å². The smallest absolute Gasteiger partial charge is 0.416 e. The molecule has 0 bridgehead atoms. The van der Waals surface area contributed by atoms with Gasteiger partial charge >= 0.3 is 13.1 Å². The van der Waals surface area contributed by atoms with Gasteiger partial charge in [-0.25, -0.2) is 9.69 Å². The molecule has 24 heavy (non-hydrogen) atoms. The number of ether oxygens (including phenoxy) is 1. The number of imide groups is 1. The number of amides is 2. The first kappa shape index (κ1) is 17.0. The summed E-state index contributed by atoms with van der Waals surface area (Å²) in [6, 6.07) is 9.63. The number of nitrogens with zero attached hydrogens (tertiary/aromatic N) is 2. The van der Waals surface area contributed by atoms with E-state index in [1.165, 1.54) is 4.90 Å². The van der Waals surface area contributed by atoms with Crippen LogP contribution in [-0.2, 0) is 9.53 Å². The second kappa shape index (κ2) is 6.95. The van der Waals surface area contributed by atoms with Crippen LogP contribution in [0.15, 0.2) is 30.3 Å². The molecule has 1 aromatic rings. The standard InChI is InChI=1S/C17H23BN2O4/c1-3-13-11-24-17(22)20(13)16(21)15-10-19(18(2)23)9-14(15)12-7-5-4-6-8-12/h4-8,13-15,23H,3,9-11H2,1-2H3/t13-,14?,15?/m0/s1. The van der Waals surface area contributed by atoms with Gasteiger partial charge < -0.3 is 14.6 Å². The van der Waals surface area contributed by atoms with E-state index in [1.807, 2.05) is 42.1 Å². The van der Waals surface area contributed by atoms with Gasteiger partial charge in [0.1, 0.15) is 6.61 Å². The summed E-state index contributed by atoms with van der Waals surface area (Å²) in [5.41, 5.74) is 1.06. The fourth-order valence-corrected chi connectivity index (χ4v) is 3.64. The summed E-state index contributed by atoms with van der Waals surface area (Å²) >= 11 is 0. The zero-order valence-corrected chi connectivity index (χ0v) is 14.1. The molecule has 2 unspecified atom stereocenters. The molecule has 1 aromatic carbocycles. The zero-order valence-electron chi connectivity index (χ0n) is 14.1. The maximum atomic E-state index is 13.1. The van der Waals surface area contributed by atoms with Crippen molar-refractivity contribution in [2.45, 2.75) is 32.1 Å². The van der Waals surface area contributed by atoms with E-state index in [1.54, 1.807) is 6.82 Å². The molecule has 0 radical (unpaired) electrons. The first-order chi connectivity index (χ1) is 11.5. The molecule has 2 heterocycles. The summed E-state index contributed by atoms with van der Waals surface area (Å²) in [4.78, 5) is 28.3. The van der Waals surface area contributed by atoms with Crippen molar-refractivity contribution in [3.63, 3.8) is 0 Å². The monoisotopic (exact) mass is 330 g/mol. The highest BCUT2D eigenvalue weighted by Crippen LogP contribution is 2.35. The number of rotatable bonds is 4. The molecule has 1 N–H and O–H groups in total. The summed E-state index contributed by atoms with van der Waals surface area (Å²) in [6.45, 7) is 4.95. The fraction of sp³-hybridized carbons (Fsp3) is 0.529. The molecule has 128 valence electrons. The minimum atomic E-state index is -0.624. The highest BCUT2D eigenvalue weighted by Gasteiger charge is 2.47. The lowest BCUT2D eigenvalue weighted by Gasteiger charge is -2.25. The van der Waals surface area contributed by atoms with Gasteiger partial charge in [-0.2, -0.15) is 0 Å². The molecule has 2 amide bonds. The molecule has 3 rings (SSSR count). The van der Waals surface area contributed by atoms with Crippen LogP contribution in [0.1, 0.15) is 24.8 Å². The molecule has 0 spiro atoms. The molecule has 0 aliphatic carbocycles. The Kier molecular flexibility index (Phi) is 4.92. The average Bonchev–Trinajstić information content (AvgIpc) is 3.19. The Morgan fingerprint density at radius 1 is 1.33 bits per heavy atom. The number of carbonyl (C=O) groups excluding carboxylic acids is 2. The van der Waals surface area contributed by atoms with Gasteiger partial charge in [-0.15, -0.1) is 0 Å². The molecular weight excluding hydrogens is 307 g/mol. The third-order valence-electron chi connectivity index (χ3n) is 5.09. The maximum absolute atomic E-state index is 13.1. The molecule has 0 saturated carbocycles. The lowest BCUT2D eigenvalue weighted by molar-refractivity contribution is -0.133. The predicted molar refractivity (Wildman–Crippen MR) is 90.4 cm³/mol. The van der Waals surface area contributed by atoms with E-state index in [9.17, 15) is 14.6 Å². The maximum Gasteiger partial charge on any atom is 0.416 e. The van der Waals surface area contributed by atoms with Gasteiger partial charge in [-0.3, -0.25) is 4.79 Å². The molecule has 0 aromatic heterocycles. The SMILES string of the molecule is CC[C@H]1COC(=O)N1C(=O)C1CN(B(C)O)CC1c1ccccc1. The van der Waals surface area contributed by atoms with E-state index < -0.39 is 13.1 Å². The van der Waals surface area contributed by atoms with E-state index in [0.717, 1.165) is 5.56 Å². The van der Waals surface area contributed by atoms with Gasteiger partial charge in [0.2, 0.25) is 5.91 Å². The highest BCUT2D eigenvalue weighted by molar-refractivity contribution is 6.45. The summed E-state index contributed by atoms with van der Waals surface area (Å²) in [5, 5.41) is 9.94. The number of hydrogen-bond acceptors (Lipinski definition) is 5. The largest absolute Gasteiger partial charge is 0.447 e. The minimum Gasteiger partial charge on any atom is -0.447 e. The quantitative estimate of drug-likeness (QED) is 0.849. The Morgan fingerprint density at radius 2 is 2.04 bits per heavy atom. The van der Waals surface area contributed by atoms with Gasteiger partial charge in [0, 0.05) is 12.5 Å². The lowest BCUT2D eigenvalue weighted by atomic mass is 9.85. The van der Waals surface area contributed by atoms with Crippen LogP contribution in [0.25, 0.3) is 0 Å². The van der Waals surface area contributed by atoms with Crippen LogP contribution < -0.4 is 0 Å². The average molecular weight is 330 g/mol. The van der Waals surface area contributed by atoms with E-state index in [4.69, 9.17) is 4.74 Å². The van der Waals surface area contributed by atoms with Crippen LogP contribution in [0.3, 0.4) is 0 Å². The van der Waals surface area contributed by atoms with E-state index in [-0.39, 0.29) is 30.4 Å². The molecule has 2 aliphatic heterocycles.